The topological polar surface area (TPSA) is 41.9 Å². The molecule has 5 heteroatoms. The van der Waals surface area contributed by atoms with Crippen molar-refractivity contribution in [2.24, 2.45) is 0 Å². The second kappa shape index (κ2) is 7.87. The van der Waals surface area contributed by atoms with Gasteiger partial charge in [-0.15, -0.1) is 0 Å². The first-order valence-electron chi connectivity index (χ1n) is 7.53. The number of hydrogen-bond acceptors (Lipinski definition) is 4. The summed E-state index contributed by atoms with van der Waals surface area (Å²) >= 11 is 6.36. The van der Waals surface area contributed by atoms with E-state index in [1.54, 1.807) is 7.11 Å². The molecule has 1 fully saturated rings. The largest absolute Gasteiger partial charge is 0.493 e. The summed E-state index contributed by atoms with van der Waals surface area (Å²) in [5.74, 6) is 1.39. The van der Waals surface area contributed by atoms with E-state index in [2.05, 4.69) is 4.90 Å². The summed E-state index contributed by atoms with van der Waals surface area (Å²) in [7, 11) is 1.62. The number of aliphatic hydroxyl groups excluding tert-OH is 1. The van der Waals surface area contributed by atoms with E-state index >= 15 is 0 Å². The molecular formula is C16H24ClNO3. The summed E-state index contributed by atoms with van der Waals surface area (Å²) < 4.78 is 10.9. The summed E-state index contributed by atoms with van der Waals surface area (Å²) in [6.45, 7) is 5.20. The Bertz CT molecular complexity index is 467. The van der Waals surface area contributed by atoms with Crippen molar-refractivity contribution >= 4 is 11.6 Å². The van der Waals surface area contributed by atoms with Crippen LogP contribution in [0.25, 0.3) is 0 Å². The number of benzene rings is 1. The van der Waals surface area contributed by atoms with Crippen LogP contribution in [0.2, 0.25) is 5.02 Å². The number of methoxy groups -OCH3 is 1. The molecule has 0 unspecified atom stereocenters. The molecule has 1 aromatic rings. The minimum Gasteiger partial charge on any atom is -0.493 e. The fraction of sp³-hybridized carbons (Fsp3) is 0.625. The zero-order valence-electron chi connectivity index (χ0n) is 12.8. The fourth-order valence-corrected chi connectivity index (χ4v) is 2.88. The number of rotatable bonds is 5. The highest BCUT2D eigenvalue weighted by atomic mass is 35.5. The van der Waals surface area contributed by atoms with Crippen LogP contribution in [-0.4, -0.2) is 42.9 Å². The predicted octanol–water partition coefficient (Wildman–Crippen LogP) is 3.09. The number of halogens is 1. The first-order chi connectivity index (χ1) is 10.1. The van der Waals surface area contributed by atoms with Crippen molar-refractivity contribution < 1.29 is 14.6 Å². The number of nitrogens with zero attached hydrogens (tertiary/aromatic N) is 1. The van der Waals surface area contributed by atoms with Gasteiger partial charge < -0.3 is 14.6 Å². The van der Waals surface area contributed by atoms with Crippen LogP contribution < -0.4 is 9.47 Å². The molecule has 118 valence electrons. The van der Waals surface area contributed by atoms with Gasteiger partial charge in [0.05, 0.1) is 19.8 Å². The quantitative estimate of drug-likeness (QED) is 0.907. The van der Waals surface area contributed by atoms with E-state index in [1.807, 2.05) is 19.1 Å². The van der Waals surface area contributed by atoms with E-state index in [-0.39, 0.29) is 6.10 Å². The van der Waals surface area contributed by atoms with Crippen LogP contribution in [0, 0.1) is 0 Å². The summed E-state index contributed by atoms with van der Waals surface area (Å²) in [6.07, 6.45) is 2.57. The lowest BCUT2D eigenvalue weighted by atomic mass is 10.1. The molecule has 0 saturated carbocycles. The third-order valence-corrected chi connectivity index (χ3v) is 4.17. The third kappa shape index (κ3) is 4.50. The number of ether oxygens (including phenoxy) is 2. The molecule has 0 aromatic heterocycles. The lowest BCUT2D eigenvalue weighted by Gasteiger charge is -2.21. The van der Waals surface area contributed by atoms with Crippen LogP contribution in [0.15, 0.2) is 12.1 Å². The number of likely N-dealkylation sites (tertiary alicyclic amines) is 1. The van der Waals surface area contributed by atoms with Gasteiger partial charge in [-0.3, -0.25) is 4.90 Å². The molecule has 2 rings (SSSR count). The van der Waals surface area contributed by atoms with E-state index in [9.17, 15) is 5.11 Å². The van der Waals surface area contributed by atoms with Crippen molar-refractivity contribution in [3.63, 3.8) is 0 Å². The van der Waals surface area contributed by atoms with E-state index in [4.69, 9.17) is 21.1 Å². The SMILES string of the molecule is CCOc1cc(CN2CCC[C@H](O)CC2)c(Cl)cc1OC. The van der Waals surface area contributed by atoms with Crippen LogP contribution in [0.5, 0.6) is 11.5 Å². The van der Waals surface area contributed by atoms with E-state index < -0.39 is 0 Å². The van der Waals surface area contributed by atoms with Crippen LogP contribution in [-0.2, 0) is 6.54 Å². The van der Waals surface area contributed by atoms with Crippen molar-refractivity contribution in [3.8, 4) is 11.5 Å². The van der Waals surface area contributed by atoms with Gasteiger partial charge >= 0.3 is 0 Å². The Kier molecular flexibility index (Phi) is 6.15. The Hall–Kier alpha value is -0.970. The summed E-state index contributed by atoms with van der Waals surface area (Å²) in [5.41, 5.74) is 1.04. The van der Waals surface area contributed by atoms with Gasteiger partial charge in [0.15, 0.2) is 11.5 Å². The summed E-state index contributed by atoms with van der Waals surface area (Å²) in [6, 6.07) is 3.78. The molecular weight excluding hydrogens is 290 g/mol. The molecule has 1 aliphatic heterocycles. The summed E-state index contributed by atoms with van der Waals surface area (Å²) in [5, 5.41) is 10.4. The monoisotopic (exact) mass is 313 g/mol. The number of hydrogen-bond donors (Lipinski definition) is 1. The Labute approximate surface area is 131 Å². The number of aliphatic hydroxyl groups is 1. The van der Waals surface area contributed by atoms with Crippen LogP contribution in [0.4, 0.5) is 0 Å². The molecule has 1 N–H and O–H groups in total. The molecule has 1 aromatic carbocycles. The zero-order chi connectivity index (χ0) is 15.2. The molecule has 1 saturated heterocycles. The highest BCUT2D eigenvalue weighted by molar-refractivity contribution is 6.31. The molecule has 1 atom stereocenters. The maximum Gasteiger partial charge on any atom is 0.162 e. The second-order valence-corrected chi connectivity index (χ2v) is 5.80. The Morgan fingerprint density at radius 2 is 2.10 bits per heavy atom. The Morgan fingerprint density at radius 1 is 1.29 bits per heavy atom. The Balaban J connectivity index is 2.13. The van der Waals surface area contributed by atoms with Crippen LogP contribution in [0.3, 0.4) is 0 Å². The van der Waals surface area contributed by atoms with Gasteiger partial charge in [0.25, 0.3) is 0 Å². The molecule has 0 radical (unpaired) electrons. The highest BCUT2D eigenvalue weighted by Gasteiger charge is 2.17. The smallest absolute Gasteiger partial charge is 0.162 e. The molecule has 0 amide bonds. The average molecular weight is 314 g/mol. The van der Waals surface area contributed by atoms with Crippen molar-refractivity contribution in [2.75, 3.05) is 26.8 Å². The molecule has 1 aliphatic rings. The average Bonchev–Trinajstić information content (AvgIpc) is 2.67. The minimum atomic E-state index is -0.166. The van der Waals surface area contributed by atoms with E-state index in [0.29, 0.717) is 17.4 Å². The first-order valence-corrected chi connectivity index (χ1v) is 7.91. The molecule has 4 nitrogen and oxygen atoms in total. The van der Waals surface area contributed by atoms with Crippen molar-refractivity contribution in [2.45, 2.75) is 38.8 Å². The van der Waals surface area contributed by atoms with Gasteiger partial charge in [0.1, 0.15) is 0 Å². The van der Waals surface area contributed by atoms with Gasteiger partial charge in [-0.05, 0) is 44.4 Å². The maximum atomic E-state index is 9.72. The fourth-order valence-electron chi connectivity index (χ4n) is 2.66. The van der Waals surface area contributed by atoms with E-state index in [0.717, 1.165) is 50.2 Å². The third-order valence-electron chi connectivity index (χ3n) is 3.82. The predicted molar refractivity (Wildman–Crippen MR) is 84.3 cm³/mol. The minimum absolute atomic E-state index is 0.166. The second-order valence-electron chi connectivity index (χ2n) is 5.39. The van der Waals surface area contributed by atoms with Gasteiger partial charge in [-0.1, -0.05) is 11.6 Å². The molecule has 0 aliphatic carbocycles. The van der Waals surface area contributed by atoms with Crippen LogP contribution >= 0.6 is 11.6 Å². The first kappa shape index (κ1) is 16.4. The Morgan fingerprint density at radius 3 is 2.81 bits per heavy atom. The highest BCUT2D eigenvalue weighted by Crippen LogP contribution is 2.34. The van der Waals surface area contributed by atoms with Gasteiger partial charge in [0, 0.05) is 24.2 Å². The van der Waals surface area contributed by atoms with Gasteiger partial charge in [-0.25, -0.2) is 0 Å². The molecule has 1 heterocycles. The zero-order valence-corrected chi connectivity index (χ0v) is 13.5. The van der Waals surface area contributed by atoms with Crippen LogP contribution in [0.1, 0.15) is 31.7 Å². The van der Waals surface area contributed by atoms with E-state index in [1.165, 1.54) is 0 Å². The maximum absolute atomic E-state index is 9.72. The molecule has 0 spiro atoms. The summed E-state index contributed by atoms with van der Waals surface area (Å²) in [4.78, 5) is 2.33. The standard InChI is InChI=1S/C16H24ClNO3/c1-3-21-16-9-12(14(17)10-15(16)20-2)11-18-7-4-5-13(19)6-8-18/h9-10,13,19H,3-8,11H2,1-2H3/t13-/m0/s1. The molecule has 0 bridgehead atoms. The van der Waals surface area contributed by atoms with Gasteiger partial charge in [-0.2, -0.15) is 0 Å². The lowest BCUT2D eigenvalue weighted by Crippen LogP contribution is -2.24. The van der Waals surface area contributed by atoms with Crippen molar-refractivity contribution in [1.29, 1.82) is 0 Å². The normalized spacial score (nSPS) is 20.1. The van der Waals surface area contributed by atoms with Crippen molar-refractivity contribution in [1.82, 2.24) is 4.90 Å². The van der Waals surface area contributed by atoms with Gasteiger partial charge in [0.2, 0.25) is 0 Å². The lowest BCUT2D eigenvalue weighted by molar-refractivity contribution is 0.154. The van der Waals surface area contributed by atoms with Crippen molar-refractivity contribution in [3.05, 3.63) is 22.7 Å². The molecule has 21 heavy (non-hydrogen) atoms.